The summed E-state index contributed by atoms with van der Waals surface area (Å²) < 4.78 is 10.7. The number of amidine groups is 2. The molecule has 19 heteroatoms. The zero-order valence-corrected chi connectivity index (χ0v) is 50.0. The molecule has 0 fully saturated rings. The summed E-state index contributed by atoms with van der Waals surface area (Å²) in [6.45, 7) is 23.3. The number of anilines is 4. The molecule has 4 heterocycles. The van der Waals surface area contributed by atoms with Crippen molar-refractivity contribution in [2.75, 3.05) is 60.5 Å². The Labute approximate surface area is 496 Å². The van der Waals surface area contributed by atoms with E-state index in [2.05, 4.69) is 45.8 Å². The van der Waals surface area contributed by atoms with Crippen molar-refractivity contribution in [3.63, 3.8) is 0 Å². The lowest BCUT2D eigenvalue weighted by molar-refractivity contribution is -0.128. The molecular formula is C65H88N10O9. The summed E-state index contributed by atoms with van der Waals surface area (Å²) >= 11 is 0. The van der Waals surface area contributed by atoms with Gasteiger partial charge in [-0.3, -0.25) is 24.6 Å². The van der Waals surface area contributed by atoms with Gasteiger partial charge < -0.3 is 46.5 Å². The molecule has 0 atom stereocenters. The zero-order valence-electron chi connectivity index (χ0n) is 50.0. The maximum atomic E-state index is 13.2. The number of aromatic carboxylic acids is 1. The van der Waals surface area contributed by atoms with Crippen molar-refractivity contribution in [2.45, 2.75) is 152 Å². The highest BCUT2D eigenvalue weighted by Crippen LogP contribution is 2.33. The maximum Gasteiger partial charge on any atom is 0.414 e. The molecule has 0 saturated carbocycles. The van der Waals surface area contributed by atoms with Crippen LogP contribution in [0.5, 0.6) is 0 Å². The van der Waals surface area contributed by atoms with Crippen LogP contribution >= 0.6 is 0 Å². The van der Waals surface area contributed by atoms with E-state index in [-0.39, 0.29) is 49.1 Å². The summed E-state index contributed by atoms with van der Waals surface area (Å²) in [5, 5.41) is 18.3. The van der Waals surface area contributed by atoms with Crippen LogP contribution in [-0.2, 0) is 31.9 Å². The molecule has 0 spiro atoms. The van der Waals surface area contributed by atoms with Crippen molar-refractivity contribution in [1.82, 2.24) is 15.1 Å². The number of nitrogen functional groups attached to an aromatic ring is 1. The Kier molecular flexibility index (Phi) is 23.8. The number of benzene rings is 4. The molecule has 84 heavy (non-hydrogen) atoms. The average molecular weight is 1150 g/mol. The van der Waals surface area contributed by atoms with E-state index in [1.54, 1.807) is 54.8 Å². The molecule has 0 bridgehead atoms. The minimum atomic E-state index is -1.08. The number of aliphatic imine (C=N–C) groups is 2. The molecule has 452 valence electrons. The molecule has 0 unspecified atom stereocenters. The Morgan fingerprint density at radius 3 is 1.79 bits per heavy atom. The number of carbonyl (C=O) groups excluding carboxylic acids is 5. The van der Waals surface area contributed by atoms with E-state index in [1.807, 2.05) is 82.0 Å². The first-order valence-electron chi connectivity index (χ1n) is 28.9. The van der Waals surface area contributed by atoms with Gasteiger partial charge in [-0.05, 0) is 165 Å². The van der Waals surface area contributed by atoms with Crippen molar-refractivity contribution in [3.8, 4) is 0 Å². The second kappa shape index (κ2) is 30.2. The number of carboxylic acids is 1. The smallest absolute Gasteiger partial charge is 0.414 e. The molecular weight excluding hydrogens is 1060 g/mol. The molecule has 0 radical (unpaired) electrons. The highest BCUT2D eigenvalue weighted by molar-refractivity contribution is 6.10. The van der Waals surface area contributed by atoms with Crippen molar-refractivity contribution < 1.29 is 43.3 Å². The fraction of sp³-hybridized carbons (Fsp3) is 0.446. The molecule has 0 aromatic heterocycles. The normalized spacial score (nSPS) is 14.0. The van der Waals surface area contributed by atoms with Crippen LogP contribution in [0.4, 0.5) is 43.7 Å². The summed E-state index contributed by atoms with van der Waals surface area (Å²) in [5.74, 6) is -0.835. The fourth-order valence-electron chi connectivity index (χ4n) is 9.76. The summed E-state index contributed by atoms with van der Waals surface area (Å²) in [6.07, 6.45) is 10.5. The highest BCUT2D eigenvalue weighted by Gasteiger charge is 2.29. The highest BCUT2D eigenvalue weighted by atomic mass is 16.6. The topological polar surface area (TPSA) is 264 Å². The van der Waals surface area contributed by atoms with Crippen LogP contribution in [0.15, 0.2) is 93.9 Å². The second-order valence-electron chi connectivity index (χ2n) is 22.9. The molecule has 5 amide bonds. The quantitative estimate of drug-likeness (QED) is 0.0683. The standard InChI is InChI=1S/C27H33N5O2.C23H31N3O5.C14H20N2O2.CH4/c1-3-12-32(13-4-2)27(34)21-14-19-7-8-20(15-24(19)31-25(28)16-21)26(33)30-22-10-9-18-6-5-11-29-23(18)17-22;1-6-10-26(11-7-2)20(27)17-12-15-8-9-16(21(28)29)13-18(15)24-19(14-17)25-22(30)31-23(3,4)5;1-14(2,3)18-13(17)16-8-4-5-10-6-7-11(15)9-12(10)16;/h7-10,14-15,17,29H,3-6,11-13,16H2,1-2H3,(H2,28,31)(H,30,33);8-9,12-13H,6-7,10-11,14H2,1-5H3,(H,28,29)(H,24,25,30);6-7,9H,4-5,8,15H2,1-3H3;1H4. The first-order valence-corrected chi connectivity index (χ1v) is 28.9. The summed E-state index contributed by atoms with van der Waals surface area (Å²) in [5.41, 5.74) is 20.6. The average Bonchev–Trinajstić information content (AvgIpc) is 3.82. The molecule has 4 aromatic rings. The number of nitrogens with two attached hydrogens (primary N) is 2. The third-order valence-electron chi connectivity index (χ3n) is 13.4. The molecule has 4 aromatic carbocycles. The van der Waals surface area contributed by atoms with Gasteiger partial charge in [0.15, 0.2) is 0 Å². The molecule has 8 N–H and O–H groups in total. The van der Waals surface area contributed by atoms with Gasteiger partial charge in [-0.25, -0.2) is 24.4 Å². The molecule has 0 aliphatic carbocycles. The number of hydrogen-bond donors (Lipinski definition) is 6. The van der Waals surface area contributed by atoms with Gasteiger partial charge in [0.2, 0.25) is 11.8 Å². The lowest BCUT2D eigenvalue weighted by atomic mass is 10.0. The number of rotatable bonds is 13. The van der Waals surface area contributed by atoms with Gasteiger partial charge in [-0.2, -0.15) is 0 Å². The van der Waals surface area contributed by atoms with Gasteiger partial charge in [0, 0.05) is 97.0 Å². The number of carbonyl (C=O) groups is 6. The number of fused-ring (bicyclic) bond motifs is 4. The number of ether oxygens (including phenoxy) is 2. The zero-order chi connectivity index (χ0) is 60.6. The van der Waals surface area contributed by atoms with E-state index in [9.17, 15) is 33.9 Å². The maximum absolute atomic E-state index is 13.2. The first kappa shape index (κ1) is 66.3. The number of aryl methyl sites for hydroxylation is 2. The lowest BCUT2D eigenvalue weighted by Crippen LogP contribution is -2.39. The Hall–Kier alpha value is -8.48. The number of carboxylic acid groups (broad SMARTS) is 1. The Balaban J connectivity index is 0.000000239. The number of amides is 5. The predicted octanol–water partition coefficient (Wildman–Crippen LogP) is 12.7. The van der Waals surface area contributed by atoms with Crippen molar-refractivity contribution in [1.29, 1.82) is 0 Å². The summed E-state index contributed by atoms with van der Waals surface area (Å²) in [7, 11) is 0. The Morgan fingerprint density at radius 1 is 0.655 bits per heavy atom. The largest absolute Gasteiger partial charge is 0.478 e. The molecule has 4 aliphatic heterocycles. The van der Waals surface area contributed by atoms with Crippen molar-refractivity contribution in [3.05, 3.63) is 117 Å². The van der Waals surface area contributed by atoms with Gasteiger partial charge in [0.1, 0.15) is 22.9 Å². The molecule has 0 saturated heterocycles. The monoisotopic (exact) mass is 1150 g/mol. The minimum Gasteiger partial charge on any atom is -0.478 e. The van der Waals surface area contributed by atoms with E-state index in [4.69, 9.17) is 20.9 Å². The minimum absolute atomic E-state index is 0. The van der Waals surface area contributed by atoms with Crippen LogP contribution in [0.2, 0.25) is 0 Å². The van der Waals surface area contributed by atoms with Crippen molar-refractivity contribution >= 4 is 93.8 Å². The van der Waals surface area contributed by atoms with Gasteiger partial charge in [-0.1, -0.05) is 59.4 Å². The van der Waals surface area contributed by atoms with Crippen LogP contribution < -0.4 is 32.3 Å². The van der Waals surface area contributed by atoms with E-state index >= 15 is 0 Å². The predicted molar refractivity (Wildman–Crippen MR) is 338 cm³/mol. The van der Waals surface area contributed by atoms with Gasteiger partial charge >= 0.3 is 18.2 Å². The summed E-state index contributed by atoms with van der Waals surface area (Å²) in [6, 6.07) is 21.5. The van der Waals surface area contributed by atoms with Crippen LogP contribution in [-0.4, -0.2) is 113 Å². The van der Waals surface area contributed by atoms with Gasteiger partial charge in [0.25, 0.3) is 5.91 Å². The van der Waals surface area contributed by atoms with E-state index in [0.717, 1.165) is 86.1 Å². The second-order valence-corrected chi connectivity index (χ2v) is 22.9. The molecule has 8 rings (SSSR count). The van der Waals surface area contributed by atoms with Crippen LogP contribution in [0, 0.1) is 0 Å². The van der Waals surface area contributed by atoms with Crippen molar-refractivity contribution in [2.24, 2.45) is 15.7 Å². The van der Waals surface area contributed by atoms with Crippen LogP contribution in [0.1, 0.15) is 171 Å². The van der Waals surface area contributed by atoms with Crippen LogP contribution in [0.3, 0.4) is 0 Å². The van der Waals surface area contributed by atoms with E-state index < -0.39 is 23.3 Å². The SMILES string of the molecule is C.CC(C)(C)OC(=O)N1CCCc2ccc(N)cc21.CCCN(CCC)C(=O)C1=Cc2ccc(C(=O)Nc3ccc4c(c3)NCCC4)cc2N=C(N)C1.CCCN(CCC)C(=O)C1=Cc2ccc(C(=O)O)cc2N=C(NC(=O)OC(C)(C)C)C1. The molecule has 4 aliphatic rings. The number of nitrogens with one attached hydrogen (secondary N) is 3. The first-order chi connectivity index (χ1) is 39.4. The lowest BCUT2D eigenvalue weighted by Gasteiger charge is -2.31. The van der Waals surface area contributed by atoms with E-state index in [0.29, 0.717) is 84.3 Å². The van der Waals surface area contributed by atoms with Gasteiger partial charge in [-0.15, -0.1) is 0 Å². The number of hydrogen-bond acceptors (Lipinski definition) is 13. The Morgan fingerprint density at radius 2 is 1.20 bits per heavy atom. The fourth-order valence-corrected chi connectivity index (χ4v) is 9.76. The molecule has 19 nitrogen and oxygen atoms in total. The Bertz CT molecular complexity index is 3150. The number of alkyl carbamates (subject to hydrolysis) is 1. The number of nitrogens with zero attached hydrogens (tertiary/aromatic N) is 5. The third kappa shape index (κ3) is 19.0. The van der Waals surface area contributed by atoms with Crippen LogP contribution in [0.25, 0.3) is 12.2 Å². The third-order valence-corrected chi connectivity index (χ3v) is 13.4. The van der Waals surface area contributed by atoms with E-state index in [1.165, 1.54) is 17.7 Å². The van der Waals surface area contributed by atoms with Gasteiger partial charge in [0.05, 0.1) is 22.6 Å². The summed E-state index contributed by atoms with van der Waals surface area (Å²) in [4.78, 5) is 89.5.